The molecule has 1 aromatic carbocycles. The first-order valence-corrected chi connectivity index (χ1v) is 15.2. The second kappa shape index (κ2) is 12.4. The monoisotopic (exact) mass is 562 g/mol. The molecule has 0 unspecified atom stereocenters. The van der Waals surface area contributed by atoms with Gasteiger partial charge in [-0.25, -0.2) is 9.78 Å². The van der Waals surface area contributed by atoms with Gasteiger partial charge in [-0.05, 0) is 70.9 Å². The van der Waals surface area contributed by atoms with Gasteiger partial charge in [0.1, 0.15) is 11.2 Å². The van der Waals surface area contributed by atoms with E-state index in [0.717, 1.165) is 80.4 Å². The van der Waals surface area contributed by atoms with Gasteiger partial charge < -0.3 is 24.6 Å². The molecule has 2 N–H and O–H groups in total. The summed E-state index contributed by atoms with van der Waals surface area (Å²) < 4.78 is 7.91. The van der Waals surface area contributed by atoms with E-state index in [1.165, 1.54) is 5.56 Å². The van der Waals surface area contributed by atoms with E-state index < -0.39 is 5.60 Å². The van der Waals surface area contributed by atoms with Gasteiger partial charge in [0.25, 0.3) is 0 Å². The van der Waals surface area contributed by atoms with E-state index in [9.17, 15) is 9.90 Å². The smallest absolute Gasteiger partial charge is 0.410 e. The largest absolute Gasteiger partial charge is 0.444 e. The lowest BCUT2D eigenvalue weighted by Gasteiger charge is -2.40. The third-order valence-corrected chi connectivity index (χ3v) is 8.18. The van der Waals surface area contributed by atoms with Gasteiger partial charge in [-0.15, -0.1) is 0 Å². The minimum atomic E-state index is -0.485. The zero-order chi connectivity index (χ0) is 29.1. The van der Waals surface area contributed by atoms with Crippen LogP contribution in [-0.4, -0.2) is 79.5 Å². The molecule has 3 heterocycles. The van der Waals surface area contributed by atoms with Crippen LogP contribution in [0.2, 0.25) is 0 Å². The second-order valence-electron chi connectivity index (χ2n) is 12.7. The third-order valence-electron chi connectivity index (χ3n) is 8.18. The molecular formula is C32H46N6O3. The van der Waals surface area contributed by atoms with E-state index in [1.807, 2.05) is 31.9 Å². The second-order valence-corrected chi connectivity index (χ2v) is 12.7. The number of hydrogen-bond acceptors (Lipinski definition) is 7. The summed E-state index contributed by atoms with van der Waals surface area (Å²) in [5, 5.41) is 14.5. The lowest BCUT2D eigenvalue weighted by molar-refractivity contribution is 0.000557. The van der Waals surface area contributed by atoms with Gasteiger partial charge in [0.2, 0.25) is 5.95 Å². The average molecular weight is 563 g/mol. The van der Waals surface area contributed by atoms with Crippen molar-refractivity contribution in [3.63, 3.8) is 0 Å². The average Bonchev–Trinajstić information content (AvgIpc) is 3.30. The highest BCUT2D eigenvalue weighted by Crippen LogP contribution is 2.37. The molecule has 222 valence electrons. The van der Waals surface area contributed by atoms with Crippen LogP contribution in [0.3, 0.4) is 0 Å². The number of amides is 1. The Morgan fingerprint density at radius 3 is 2.51 bits per heavy atom. The van der Waals surface area contributed by atoms with Crippen LogP contribution in [0.15, 0.2) is 36.7 Å². The van der Waals surface area contributed by atoms with Crippen LogP contribution in [0.5, 0.6) is 0 Å². The van der Waals surface area contributed by atoms with Gasteiger partial charge in [-0.2, -0.15) is 4.98 Å². The maximum Gasteiger partial charge on any atom is 0.410 e. The summed E-state index contributed by atoms with van der Waals surface area (Å²) >= 11 is 0. The quantitative estimate of drug-likeness (QED) is 0.374. The maximum atomic E-state index is 12.6. The Morgan fingerprint density at radius 1 is 1.12 bits per heavy atom. The Morgan fingerprint density at radius 2 is 1.85 bits per heavy atom. The molecule has 2 aromatic heterocycles. The van der Waals surface area contributed by atoms with Gasteiger partial charge >= 0.3 is 6.09 Å². The highest BCUT2D eigenvalue weighted by Gasteiger charge is 2.31. The summed E-state index contributed by atoms with van der Waals surface area (Å²) in [6, 6.07) is 9.23. The fourth-order valence-electron chi connectivity index (χ4n) is 6.01. The summed E-state index contributed by atoms with van der Waals surface area (Å²) in [5.41, 5.74) is 4.00. The molecule has 5 rings (SSSR count). The molecular weight excluding hydrogens is 516 g/mol. The summed E-state index contributed by atoms with van der Waals surface area (Å²) in [4.78, 5) is 26.4. The van der Waals surface area contributed by atoms with E-state index >= 15 is 0 Å². The number of rotatable bonds is 7. The fraction of sp³-hybridized carbons (Fsp3) is 0.594. The van der Waals surface area contributed by atoms with E-state index in [0.29, 0.717) is 18.5 Å². The molecule has 9 nitrogen and oxygen atoms in total. The molecule has 1 saturated heterocycles. The first kappa shape index (κ1) is 29.3. The normalized spacial score (nSPS) is 22.2. The number of nitrogens with one attached hydrogen (secondary N) is 1. The van der Waals surface area contributed by atoms with Crippen LogP contribution >= 0.6 is 0 Å². The first-order chi connectivity index (χ1) is 19.6. The molecule has 0 radical (unpaired) electrons. The number of aromatic nitrogens is 3. The molecule has 2 fully saturated rings. The van der Waals surface area contributed by atoms with E-state index in [2.05, 4.69) is 64.1 Å². The van der Waals surface area contributed by atoms with Crippen LogP contribution in [0.25, 0.3) is 22.2 Å². The van der Waals surface area contributed by atoms with Gasteiger partial charge in [-0.3, -0.25) is 4.90 Å². The fourth-order valence-corrected chi connectivity index (χ4v) is 6.01. The maximum absolute atomic E-state index is 12.6. The van der Waals surface area contributed by atoms with E-state index in [-0.39, 0.29) is 18.2 Å². The number of carbonyl (C=O) groups excluding carboxylic acids is 1. The molecule has 1 saturated carbocycles. The Hall–Kier alpha value is -3.17. The number of aliphatic hydroxyl groups is 1. The van der Waals surface area contributed by atoms with Crippen molar-refractivity contribution in [3.8, 4) is 11.1 Å². The summed E-state index contributed by atoms with van der Waals surface area (Å²) in [6.07, 6.45) is 8.32. The van der Waals surface area contributed by atoms with Crippen molar-refractivity contribution >= 4 is 23.1 Å². The molecule has 1 atom stereocenters. The summed E-state index contributed by atoms with van der Waals surface area (Å²) in [7, 11) is 0. The molecule has 3 aromatic rings. The number of hydrogen-bond donors (Lipinski definition) is 2. The number of carbonyl (C=O) groups is 1. The number of anilines is 1. The predicted molar refractivity (Wildman–Crippen MR) is 163 cm³/mol. The zero-order valence-electron chi connectivity index (χ0n) is 25.3. The standard InChI is InChI=1S/C32H46N6O3/c1-6-15-33-30-34-18-27-28(21-38(29(27)35-30)25-11-13-26(39)14-12-25)24-9-7-23(8-10-24)20-36-16-17-37(22(2)19-36)31(40)41-32(3,4)5/h7-10,18,21-22,25-26,39H,6,11-17,19-20H2,1-5H3,(H,33,34,35)/t22-,25?,26?/m1/s1. The molecule has 1 aliphatic heterocycles. The van der Waals surface area contributed by atoms with Crippen molar-refractivity contribution in [1.29, 1.82) is 0 Å². The van der Waals surface area contributed by atoms with Gasteiger partial charge in [0.15, 0.2) is 0 Å². The van der Waals surface area contributed by atoms with Crippen molar-refractivity contribution < 1.29 is 14.6 Å². The molecule has 2 aliphatic rings. The summed E-state index contributed by atoms with van der Waals surface area (Å²) in [6.45, 7) is 13.9. The Labute approximate surface area is 243 Å². The highest BCUT2D eigenvalue weighted by atomic mass is 16.6. The minimum Gasteiger partial charge on any atom is -0.444 e. The van der Waals surface area contributed by atoms with Crippen molar-refractivity contribution in [2.75, 3.05) is 31.5 Å². The van der Waals surface area contributed by atoms with Crippen molar-refractivity contribution in [2.24, 2.45) is 0 Å². The number of ether oxygens (including phenoxy) is 1. The molecule has 0 bridgehead atoms. The first-order valence-electron chi connectivity index (χ1n) is 15.2. The number of benzene rings is 1. The van der Waals surface area contributed by atoms with Crippen molar-refractivity contribution in [2.45, 2.75) is 97.1 Å². The predicted octanol–water partition coefficient (Wildman–Crippen LogP) is 5.84. The van der Waals surface area contributed by atoms with Gasteiger partial charge in [0.05, 0.1) is 6.10 Å². The van der Waals surface area contributed by atoms with Crippen molar-refractivity contribution in [1.82, 2.24) is 24.3 Å². The lowest BCUT2D eigenvalue weighted by Crippen LogP contribution is -2.54. The van der Waals surface area contributed by atoms with Crippen LogP contribution in [0.4, 0.5) is 10.7 Å². The number of nitrogens with zero attached hydrogens (tertiary/aromatic N) is 5. The topological polar surface area (TPSA) is 95.8 Å². The lowest BCUT2D eigenvalue weighted by atomic mass is 9.93. The third kappa shape index (κ3) is 7.01. The highest BCUT2D eigenvalue weighted by molar-refractivity contribution is 5.94. The number of aliphatic hydroxyl groups excluding tert-OH is 1. The SMILES string of the molecule is CCCNc1ncc2c(-c3ccc(CN4CCN(C(=O)OC(C)(C)C)[C@H](C)C4)cc3)cn(C3CCC(O)CC3)c2n1. The molecule has 41 heavy (non-hydrogen) atoms. The van der Waals surface area contributed by atoms with Crippen LogP contribution in [0.1, 0.15) is 78.3 Å². The molecule has 1 amide bonds. The molecule has 9 heteroatoms. The molecule has 0 spiro atoms. The van der Waals surface area contributed by atoms with Gasteiger partial charge in [0, 0.05) is 68.2 Å². The van der Waals surface area contributed by atoms with Gasteiger partial charge in [-0.1, -0.05) is 31.2 Å². The molecule has 1 aliphatic carbocycles. The summed E-state index contributed by atoms with van der Waals surface area (Å²) in [5.74, 6) is 0.664. The van der Waals surface area contributed by atoms with Crippen LogP contribution in [0, 0.1) is 0 Å². The van der Waals surface area contributed by atoms with Crippen molar-refractivity contribution in [3.05, 3.63) is 42.2 Å². The van der Waals surface area contributed by atoms with Crippen LogP contribution < -0.4 is 5.32 Å². The number of piperazine rings is 1. The number of fused-ring (bicyclic) bond motifs is 1. The van der Waals surface area contributed by atoms with E-state index in [1.54, 1.807) is 0 Å². The minimum absolute atomic E-state index is 0.0987. The van der Waals surface area contributed by atoms with Crippen LogP contribution in [-0.2, 0) is 11.3 Å². The Bertz CT molecular complexity index is 1320. The Balaban J connectivity index is 1.31. The van der Waals surface area contributed by atoms with E-state index in [4.69, 9.17) is 9.72 Å². The Kier molecular flexibility index (Phi) is 8.85. The zero-order valence-corrected chi connectivity index (χ0v) is 25.3.